The van der Waals surface area contributed by atoms with Gasteiger partial charge in [-0.05, 0) is 49.8 Å². The Kier molecular flexibility index (Phi) is 5.53. The van der Waals surface area contributed by atoms with Crippen molar-refractivity contribution >= 4 is 17.7 Å². The van der Waals surface area contributed by atoms with Crippen LogP contribution in [0.25, 0.3) is 0 Å². The van der Waals surface area contributed by atoms with Crippen molar-refractivity contribution in [3.63, 3.8) is 0 Å². The smallest absolute Gasteiger partial charge is 0.379 e. The second kappa shape index (κ2) is 7.88. The lowest BCUT2D eigenvalue weighted by atomic mass is 9.93. The molecule has 0 bridgehead atoms. The number of urea groups is 1. The summed E-state index contributed by atoms with van der Waals surface area (Å²) in [5.41, 5.74) is 11.4. The van der Waals surface area contributed by atoms with Gasteiger partial charge in [-0.2, -0.15) is 5.10 Å². The molecule has 1 heterocycles. The quantitative estimate of drug-likeness (QED) is 0.473. The average molecular weight is 383 g/mol. The maximum absolute atomic E-state index is 12.9. The molecule has 0 fully saturated rings. The molecule has 3 rings (SSSR count). The summed E-state index contributed by atoms with van der Waals surface area (Å²) in [6.45, 7) is 7.84. The summed E-state index contributed by atoms with van der Waals surface area (Å²) in [6.07, 6.45) is 2.17. The molecule has 0 unspecified atom stereocenters. The largest absolute Gasteiger partial charge is 0.453 e. The van der Waals surface area contributed by atoms with Crippen molar-refractivity contribution in [2.75, 3.05) is 0 Å². The molecule has 1 aliphatic rings. The molecule has 148 valence electrons. The van der Waals surface area contributed by atoms with Crippen LogP contribution < -0.4 is 15.9 Å². The van der Waals surface area contributed by atoms with Crippen LogP contribution in [-0.2, 0) is 6.42 Å². The van der Waals surface area contributed by atoms with Gasteiger partial charge in [0.25, 0.3) is 0 Å². The molecule has 0 spiro atoms. The molecule has 1 aliphatic carbocycles. The Hall–Kier alpha value is -3.09. The number of ether oxygens (including phenoxy) is 1. The van der Waals surface area contributed by atoms with E-state index in [2.05, 4.69) is 10.5 Å². The fourth-order valence-corrected chi connectivity index (χ4v) is 3.45. The van der Waals surface area contributed by atoms with Gasteiger partial charge in [0.05, 0.1) is 5.71 Å². The highest BCUT2D eigenvalue weighted by molar-refractivity contribution is 6.06. The first-order valence-corrected chi connectivity index (χ1v) is 9.35. The molecule has 2 aromatic rings. The van der Waals surface area contributed by atoms with Crippen molar-refractivity contribution in [3.8, 4) is 5.75 Å². The number of esters is 1. The van der Waals surface area contributed by atoms with Gasteiger partial charge in [-0.3, -0.25) is 0 Å². The second-order valence-electron chi connectivity index (χ2n) is 7.33. The van der Waals surface area contributed by atoms with E-state index in [0.29, 0.717) is 35.6 Å². The third-order valence-corrected chi connectivity index (χ3v) is 4.81. The Morgan fingerprint density at radius 3 is 2.68 bits per heavy atom. The Labute approximate surface area is 163 Å². The van der Waals surface area contributed by atoms with Crippen LogP contribution >= 0.6 is 0 Å². The minimum absolute atomic E-state index is 0.162. The van der Waals surface area contributed by atoms with Crippen molar-refractivity contribution in [3.05, 3.63) is 52.0 Å². The van der Waals surface area contributed by atoms with Gasteiger partial charge in [0.1, 0.15) is 11.5 Å². The van der Waals surface area contributed by atoms with Crippen molar-refractivity contribution < 1.29 is 18.7 Å². The predicted molar refractivity (Wildman–Crippen MR) is 106 cm³/mol. The van der Waals surface area contributed by atoms with Crippen LogP contribution in [0.5, 0.6) is 5.75 Å². The molecule has 3 N–H and O–H groups in total. The van der Waals surface area contributed by atoms with Crippen molar-refractivity contribution in [2.45, 2.75) is 52.9 Å². The molecule has 7 heteroatoms. The SMILES string of the molecule is Cc1ccc(C(C)C)c(OC(=O)c2oc3c(c2C)/C(=N/NC(N)=O)CCC3)c1. The zero-order chi connectivity index (χ0) is 20.4. The van der Waals surface area contributed by atoms with E-state index in [4.69, 9.17) is 14.9 Å². The van der Waals surface area contributed by atoms with E-state index in [1.807, 2.05) is 39.0 Å². The standard InChI is InChI=1S/C21H25N3O4/c1-11(2)14-9-8-12(3)10-17(14)28-20(25)19-13(4)18-15(23-24-21(22)26)6-5-7-16(18)27-19/h8-11H,5-7H2,1-4H3,(H3,22,24,26)/b23-15+. The highest BCUT2D eigenvalue weighted by Gasteiger charge is 2.29. The molecule has 0 atom stereocenters. The monoisotopic (exact) mass is 383 g/mol. The number of benzene rings is 1. The van der Waals surface area contributed by atoms with E-state index in [1.165, 1.54) is 0 Å². The third kappa shape index (κ3) is 3.93. The van der Waals surface area contributed by atoms with Gasteiger partial charge in [-0.15, -0.1) is 0 Å². The lowest BCUT2D eigenvalue weighted by Crippen LogP contribution is -2.27. The Morgan fingerprint density at radius 1 is 1.25 bits per heavy atom. The van der Waals surface area contributed by atoms with Crippen LogP contribution in [0.1, 0.15) is 71.2 Å². The summed E-state index contributed by atoms with van der Waals surface area (Å²) in [5.74, 6) is 1.05. The maximum atomic E-state index is 12.9. The van der Waals surface area contributed by atoms with Crippen LogP contribution in [0.4, 0.5) is 4.79 Å². The van der Waals surface area contributed by atoms with Crippen LogP contribution in [-0.4, -0.2) is 17.7 Å². The maximum Gasteiger partial charge on any atom is 0.379 e. The number of nitrogens with one attached hydrogen (secondary N) is 1. The minimum atomic E-state index is -0.735. The van der Waals surface area contributed by atoms with E-state index in [-0.39, 0.29) is 11.7 Å². The van der Waals surface area contributed by atoms with Crippen molar-refractivity contribution in [1.29, 1.82) is 0 Å². The van der Waals surface area contributed by atoms with Gasteiger partial charge in [0.2, 0.25) is 5.76 Å². The normalized spacial score (nSPS) is 14.8. The summed E-state index contributed by atoms with van der Waals surface area (Å²) in [6, 6.07) is 5.09. The van der Waals surface area contributed by atoms with E-state index in [9.17, 15) is 9.59 Å². The van der Waals surface area contributed by atoms with Gasteiger partial charge < -0.3 is 14.9 Å². The second-order valence-corrected chi connectivity index (χ2v) is 7.33. The fraction of sp³-hybridized carbons (Fsp3) is 0.381. The van der Waals surface area contributed by atoms with Crippen LogP contribution in [0.15, 0.2) is 27.7 Å². The molecule has 1 aromatic carbocycles. The first-order chi connectivity index (χ1) is 13.3. The molecule has 2 amide bonds. The number of amides is 2. The first-order valence-electron chi connectivity index (χ1n) is 9.35. The van der Waals surface area contributed by atoms with Crippen LogP contribution in [0, 0.1) is 13.8 Å². The van der Waals surface area contributed by atoms with Gasteiger partial charge in [-0.25, -0.2) is 15.0 Å². The number of primary amides is 1. The number of fused-ring (bicyclic) bond motifs is 1. The van der Waals surface area contributed by atoms with Gasteiger partial charge >= 0.3 is 12.0 Å². The summed E-state index contributed by atoms with van der Waals surface area (Å²) >= 11 is 0. The van der Waals surface area contributed by atoms with Crippen LogP contribution in [0.3, 0.4) is 0 Å². The molecule has 0 radical (unpaired) electrons. The molecule has 0 saturated heterocycles. The predicted octanol–water partition coefficient (Wildman–Crippen LogP) is 3.95. The zero-order valence-electron chi connectivity index (χ0n) is 16.6. The van der Waals surface area contributed by atoms with Crippen LogP contribution in [0.2, 0.25) is 0 Å². The number of carbonyl (C=O) groups excluding carboxylic acids is 2. The minimum Gasteiger partial charge on any atom is -0.453 e. The summed E-state index contributed by atoms with van der Waals surface area (Å²) in [7, 11) is 0. The molecular formula is C21H25N3O4. The number of hydrazone groups is 1. The third-order valence-electron chi connectivity index (χ3n) is 4.81. The van der Waals surface area contributed by atoms with E-state index < -0.39 is 12.0 Å². The molecular weight excluding hydrogens is 358 g/mol. The number of hydrogen-bond acceptors (Lipinski definition) is 5. The molecule has 0 aliphatic heterocycles. The highest BCUT2D eigenvalue weighted by atomic mass is 16.5. The van der Waals surface area contributed by atoms with Crippen molar-refractivity contribution in [2.24, 2.45) is 10.8 Å². The molecule has 1 aromatic heterocycles. The zero-order valence-corrected chi connectivity index (χ0v) is 16.6. The number of nitrogens with two attached hydrogens (primary N) is 1. The van der Waals surface area contributed by atoms with Gasteiger partial charge in [0.15, 0.2) is 0 Å². The van der Waals surface area contributed by atoms with E-state index >= 15 is 0 Å². The molecule has 7 nitrogen and oxygen atoms in total. The number of aryl methyl sites for hydroxylation is 2. The Bertz CT molecular complexity index is 957. The van der Waals surface area contributed by atoms with E-state index in [1.54, 1.807) is 6.92 Å². The van der Waals surface area contributed by atoms with Crippen molar-refractivity contribution in [1.82, 2.24) is 5.43 Å². The molecule has 28 heavy (non-hydrogen) atoms. The van der Waals surface area contributed by atoms with E-state index in [0.717, 1.165) is 23.1 Å². The highest BCUT2D eigenvalue weighted by Crippen LogP contribution is 2.32. The topological polar surface area (TPSA) is 107 Å². The van der Waals surface area contributed by atoms with Gasteiger partial charge in [0, 0.05) is 17.5 Å². The number of hydrogen-bond donors (Lipinski definition) is 2. The number of furan rings is 1. The fourth-order valence-electron chi connectivity index (χ4n) is 3.45. The number of carbonyl (C=O) groups is 2. The Morgan fingerprint density at radius 2 is 2.00 bits per heavy atom. The number of rotatable bonds is 4. The summed E-state index contributed by atoms with van der Waals surface area (Å²) in [4.78, 5) is 23.8. The molecule has 0 saturated carbocycles. The summed E-state index contributed by atoms with van der Waals surface area (Å²) in [5, 5.41) is 4.07. The number of nitrogens with zero attached hydrogens (tertiary/aromatic N) is 1. The average Bonchev–Trinajstić information content (AvgIpc) is 2.97. The van der Waals surface area contributed by atoms with Gasteiger partial charge in [-0.1, -0.05) is 26.0 Å². The Balaban J connectivity index is 1.94. The first kappa shape index (κ1) is 19.7. The summed E-state index contributed by atoms with van der Waals surface area (Å²) < 4.78 is 11.5. The lowest BCUT2D eigenvalue weighted by molar-refractivity contribution is 0.0696. The lowest BCUT2D eigenvalue weighted by Gasteiger charge is -2.13.